The van der Waals surface area contributed by atoms with Gasteiger partial charge in [-0.25, -0.2) is 0 Å². The van der Waals surface area contributed by atoms with E-state index in [-0.39, 0.29) is 17.3 Å². The van der Waals surface area contributed by atoms with E-state index in [0.29, 0.717) is 12.1 Å². The molecule has 1 atom stereocenters. The lowest BCUT2D eigenvalue weighted by Crippen LogP contribution is -2.42. The van der Waals surface area contributed by atoms with Crippen molar-refractivity contribution in [2.24, 2.45) is 12.5 Å². The van der Waals surface area contributed by atoms with Crippen LogP contribution in [0.1, 0.15) is 39.8 Å². The van der Waals surface area contributed by atoms with Crippen LogP contribution in [0, 0.1) is 15.5 Å². The fourth-order valence-corrected chi connectivity index (χ4v) is 2.03. The lowest BCUT2D eigenvalue weighted by atomic mass is 9.84. The first kappa shape index (κ1) is 15.6. The van der Waals surface area contributed by atoms with Crippen LogP contribution >= 0.6 is 0 Å². The molecule has 0 radical (unpaired) electrons. The van der Waals surface area contributed by atoms with Gasteiger partial charge in [0, 0.05) is 19.5 Å². The normalized spacial score (nSPS) is 13.5. The van der Waals surface area contributed by atoms with Gasteiger partial charge in [-0.1, -0.05) is 27.7 Å². The molecule has 1 heterocycles. The highest BCUT2D eigenvalue weighted by molar-refractivity contribution is 5.28. The molecule has 0 aromatic carbocycles. The predicted molar refractivity (Wildman–Crippen MR) is 75.1 cm³/mol. The molecule has 0 saturated heterocycles. The van der Waals surface area contributed by atoms with Crippen LogP contribution in [0.25, 0.3) is 0 Å². The maximum absolute atomic E-state index is 11.0. The standard InChI is InChI=1S/C13H24N4O2/c1-6-7-14-11(13(2,3)4)8-10-12(17(18)19)15-9-16(10)5/h9,11,14H,6-8H2,1-5H3. The van der Waals surface area contributed by atoms with Gasteiger partial charge >= 0.3 is 5.82 Å². The molecule has 0 aliphatic rings. The molecule has 1 N–H and O–H groups in total. The maximum Gasteiger partial charge on any atom is 0.384 e. The van der Waals surface area contributed by atoms with Crippen molar-refractivity contribution < 1.29 is 4.92 Å². The van der Waals surface area contributed by atoms with E-state index in [1.54, 1.807) is 11.6 Å². The van der Waals surface area contributed by atoms with E-state index in [2.05, 4.69) is 38.0 Å². The Morgan fingerprint density at radius 1 is 1.53 bits per heavy atom. The van der Waals surface area contributed by atoms with Gasteiger partial charge in [-0.3, -0.25) is 0 Å². The van der Waals surface area contributed by atoms with E-state index < -0.39 is 4.92 Å². The third kappa shape index (κ3) is 4.02. The fraction of sp³-hybridized carbons (Fsp3) is 0.769. The van der Waals surface area contributed by atoms with E-state index in [1.807, 2.05) is 0 Å². The first-order valence-electron chi connectivity index (χ1n) is 6.65. The second kappa shape index (κ2) is 6.14. The molecule has 1 rings (SSSR count). The number of aryl methyl sites for hydroxylation is 1. The molecule has 0 amide bonds. The monoisotopic (exact) mass is 268 g/mol. The van der Waals surface area contributed by atoms with Crippen molar-refractivity contribution in [2.45, 2.75) is 46.6 Å². The first-order chi connectivity index (χ1) is 8.77. The van der Waals surface area contributed by atoms with Crippen LogP contribution in [0.4, 0.5) is 5.82 Å². The molecule has 0 aliphatic heterocycles. The van der Waals surface area contributed by atoms with E-state index >= 15 is 0 Å². The van der Waals surface area contributed by atoms with Crippen molar-refractivity contribution in [2.75, 3.05) is 6.54 Å². The summed E-state index contributed by atoms with van der Waals surface area (Å²) in [5, 5.41) is 14.5. The van der Waals surface area contributed by atoms with Crippen LogP contribution in [-0.2, 0) is 13.5 Å². The Morgan fingerprint density at radius 2 is 2.16 bits per heavy atom. The molecule has 19 heavy (non-hydrogen) atoms. The van der Waals surface area contributed by atoms with Crippen molar-refractivity contribution in [3.63, 3.8) is 0 Å². The number of imidazole rings is 1. The number of hydrogen-bond acceptors (Lipinski definition) is 4. The number of rotatable bonds is 6. The fourth-order valence-electron chi connectivity index (χ4n) is 2.03. The average Bonchev–Trinajstić information content (AvgIpc) is 2.64. The third-order valence-electron chi connectivity index (χ3n) is 3.29. The van der Waals surface area contributed by atoms with Gasteiger partial charge in [0.05, 0.1) is 0 Å². The van der Waals surface area contributed by atoms with Gasteiger partial charge in [0.15, 0.2) is 0 Å². The van der Waals surface area contributed by atoms with Crippen molar-refractivity contribution in [3.8, 4) is 0 Å². The minimum atomic E-state index is -0.408. The summed E-state index contributed by atoms with van der Waals surface area (Å²) in [6.07, 6.45) is 3.16. The maximum atomic E-state index is 11.0. The molecule has 0 aliphatic carbocycles. The van der Waals surface area contributed by atoms with E-state index in [1.165, 1.54) is 6.33 Å². The molecule has 1 aromatic heterocycles. The third-order valence-corrected chi connectivity index (χ3v) is 3.29. The summed E-state index contributed by atoms with van der Waals surface area (Å²) in [7, 11) is 1.80. The summed E-state index contributed by atoms with van der Waals surface area (Å²) in [4.78, 5) is 14.4. The van der Waals surface area contributed by atoms with Crippen LogP contribution < -0.4 is 5.32 Å². The predicted octanol–water partition coefficient (Wildman–Crippen LogP) is 2.29. The molecule has 1 unspecified atom stereocenters. The summed E-state index contributed by atoms with van der Waals surface area (Å²) in [6, 6.07) is 0.182. The van der Waals surface area contributed by atoms with Crippen LogP contribution in [0.3, 0.4) is 0 Å². The Balaban J connectivity index is 2.96. The Kier molecular flexibility index (Phi) is 5.05. The van der Waals surface area contributed by atoms with Crippen molar-refractivity contribution in [1.29, 1.82) is 0 Å². The van der Waals surface area contributed by atoms with Crippen LogP contribution in [0.15, 0.2) is 6.33 Å². The highest BCUT2D eigenvalue weighted by atomic mass is 16.6. The molecular weight excluding hydrogens is 244 g/mol. The SMILES string of the molecule is CCCNC(Cc1c([N+](=O)[O-])ncn1C)C(C)(C)C. The van der Waals surface area contributed by atoms with Gasteiger partial charge in [0.1, 0.15) is 5.69 Å². The molecule has 1 aromatic rings. The Hall–Kier alpha value is -1.43. The number of nitro groups is 1. The van der Waals surface area contributed by atoms with Crippen LogP contribution in [-0.4, -0.2) is 27.1 Å². The molecular formula is C13H24N4O2. The summed E-state index contributed by atoms with van der Waals surface area (Å²) in [5.41, 5.74) is 0.710. The van der Waals surface area contributed by atoms with E-state index in [4.69, 9.17) is 0 Å². The smallest absolute Gasteiger partial charge is 0.358 e. The van der Waals surface area contributed by atoms with E-state index in [0.717, 1.165) is 13.0 Å². The summed E-state index contributed by atoms with van der Waals surface area (Å²) < 4.78 is 1.74. The van der Waals surface area contributed by atoms with Crippen LogP contribution in [0.2, 0.25) is 0 Å². The second-order valence-corrected chi connectivity index (χ2v) is 5.96. The zero-order valence-corrected chi connectivity index (χ0v) is 12.4. The quantitative estimate of drug-likeness (QED) is 0.634. The van der Waals surface area contributed by atoms with Gasteiger partial charge < -0.3 is 20.0 Å². The van der Waals surface area contributed by atoms with Gasteiger partial charge in [-0.15, -0.1) is 0 Å². The second-order valence-electron chi connectivity index (χ2n) is 5.96. The number of hydrogen-bond donors (Lipinski definition) is 1. The van der Waals surface area contributed by atoms with Crippen molar-refractivity contribution in [3.05, 3.63) is 22.1 Å². The van der Waals surface area contributed by atoms with Crippen molar-refractivity contribution >= 4 is 5.82 Å². The minimum absolute atomic E-state index is 0.0324. The summed E-state index contributed by atoms with van der Waals surface area (Å²) in [5.74, 6) is -0.0324. The number of nitrogens with zero attached hydrogens (tertiary/aromatic N) is 3. The van der Waals surface area contributed by atoms with Gasteiger partial charge in [0.2, 0.25) is 6.33 Å². The Labute approximate surface area is 114 Å². The molecule has 0 bridgehead atoms. The molecule has 6 heteroatoms. The molecule has 6 nitrogen and oxygen atoms in total. The Bertz CT molecular complexity index is 434. The highest BCUT2D eigenvalue weighted by Gasteiger charge is 2.29. The Morgan fingerprint density at radius 3 is 2.63 bits per heavy atom. The molecule has 0 saturated carbocycles. The zero-order chi connectivity index (χ0) is 14.6. The molecule has 108 valence electrons. The lowest BCUT2D eigenvalue weighted by molar-refractivity contribution is -0.390. The minimum Gasteiger partial charge on any atom is -0.358 e. The lowest BCUT2D eigenvalue weighted by Gasteiger charge is -2.31. The molecule has 0 spiro atoms. The average molecular weight is 268 g/mol. The summed E-state index contributed by atoms with van der Waals surface area (Å²) >= 11 is 0. The van der Waals surface area contributed by atoms with E-state index in [9.17, 15) is 10.1 Å². The highest BCUT2D eigenvalue weighted by Crippen LogP contribution is 2.25. The first-order valence-corrected chi connectivity index (χ1v) is 6.65. The zero-order valence-electron chi connectivity index (χ0n) is 12.4. The molecule has 0 fully saturated rings. The largest absolute Gasteiger partial charge is 0.384 e. The van der Waals surface area contributed by atoms with Gasteiger partial charge in [-0.2, -0.15) is 0 Å². The van der Waals surface area contributed by atoms with Crippen LogP contribution in [0.5, 0.6) is 0 Å². The van der Waals surface area contributed by atoms with Gasteiger partial charge in [0.25, 0.3) is 0 Å². The number of nitrogens with one attached hydrogen (secondary N) is 1. The van der Waals surface area contributed by atoms with Gasteiger partial charge in [-0.05, 0) is 28.3 Å². The van der Waals surface area contributed by atoms with Crippen molar-refractivity contribution in [1.82, 2.24) is 14.9 Å². The summed E-state index contributed by atoms with van der Waals surface area (Å²) in [6.45, 7) is 9.44. The number of aromatic nitrogens is 2. The topological polar surface area (TPSA) is 73.0 Å².